The second kappa shape index (κ2) is 5.13. The first-order valence-electron chi connectivity index (χ1n) is 7.92. The zero-order chi connectivity index (χ0) is 13.4. The number of hydrogen-bond donors (Lipinski definition) is 1. The molecule has 0 aromatic rings. The number of nitrogens with zero attached hydrogens (tertiary/aromatic N) is 1. The minimum Gasteiger partial charge on any atom is -0.309 e. The molecule has 2 atom stereocenters. The smallest absolute Gasteiger partial charge is 0.0278 e. The quantitative estimate of drug-likeness (QED) is 0.828. The fourth-order valence-electron chi connectivity index (χ4n) is 3.86. The normalized spacial score (nSPS) is 37.3. The molecule has 2 fully saturated rings. The Balaban J connectivity index is 2.19. The van der Waals surface area contributed by atoms with Crippen molar-refractivity contribution >= 4 is 0 Å². The predicted molar refractivity (Wildman–Crippen MR) is 78.9 cm³/mol. The number of piperazine rings is 1. The maximum atomic E-state index is 3.81. The van der Waals surface area contributed by atoms with Gasteiger partial charge >= 0.3 is 0 Å². The van der Waals surface area contributed by atoms with Gasteiger partial charge in [0.05, 0.1) is 0 Å². The fraction of sp³-hybridized carbons (Fsp3) is 1.00. The summed E-state index contributed by atoms with van der Waals surface area (Å²) >= 11 is 0. The number of nitrogens with one attached hydrogen (secondary N) is 1. The zero-order valence-electron chi connectivity index (χ0n) is 13.1. The molecular formula is C16H32N2. The fourth-order valence-corrected chi connectivity index (χ4v) is 3.86. The van der Waals surface area contributed by atoms with Crippen LogP contribution in [0, 0.1) is 5.92 Å². The molecule has 0 radical (unpaired) electrons. The largest absolute Gasteiger partial charge is 0.309 e. The van der Waals surface area contributed by atoms with Crippen LogP contribution in [0.2, 0.25) is 0 Å². The highest BCUT2D eigenvalue weighted by molar-refractivity contribution is 5.03. The van der Waals surface area contributed by atoms with Crippen LogP contribution >= 0.6 is 0 Å². The lowest BCUT2D eigenvalue weighted by Crippen LogP contribution is -2.68. The molecule has 0 amide bonds. The van der Waals surface area contributed by atoms with Crippen molar-refractivity contribution < 1.29 is 0 Å². The van der Waals surface area contributed by atoms with E-state index in [0.717, 1.165) is 12.5 Å². The van der Waals surface area contributed by atoms with E-state index in [0.29, 0.717) is 17.1 Å². The average molecular weight is 252 g/mol. The molecule has 2 unspecified atom stereocenters. The minimum absolute atomic E-state index is 0.316. The molecule has 0 bridgehead atoms. The minimum atomic E-state index is 0.316. The molecule has 106 valence electrons. The van der Waals surface area contributed by atoms with E-state index in [1.54, 1.807) is 0 Å². The Morgan fingerprint density at radius 3 is 2.33 bits per heavy atom. The first-order valence-corrected chi connectivity index (χ1v) is 7.92. The van der Waals surface area contributed by atoms with Crippen LogP contribution in [-0.4, -0.2) is 35.1 Å². The van der Waals surface area contributed by atoms with E-state index in [1.165, 1.54) is 38.6 Å². The van der Waals surface area contributed by atoms with Gasteiger partial charge in [-0.25, -0.2) is 0 Å². The number of rotatable bonds is 3. The summed E-state index contributed by atoms with van der Waals surface area (Å²) < 4.78 is 0. The van der Waals surface area contributed by atoms with Crippen molar-refractivity contribution in [2.24, 2.45) is 5.92 Å². The van der Waals surface area contributed by atoms with Crippen molar-refractivity contribution in [1.82, 2.24) is 10.2 Å². The summed E-state index contributed by atoms with van der Waals surface area (Å²) in [6.45, 7) is 14.4. The van der Waals surface area contributed by atoms with Crippen molar-refractivity contribution in [1.29, 1.82) is 0 Å². The highest BCUT2D eigenvalue weighted by Gasteiger charge is 2.45. The topological polar surface area (TPSA) is 15.3 Å². The number of hydrogen-bond acceptors (Lipinski definition) is 2. The van der Waals surface area contributed by atoms with Crippen LogP contribution in [0.1, 0.15) is 66.7 Å². The Morgan fingerprint density at radius 2 is 1.83 bits per heavy atom. The van der Waals surface area contributed by atoms with Gasteiger partial charge in [-0.15, -0.1) is 0 Å². The molecule has 1 saturated heterocycles. The van der Waals surface area contributed by atoms with Crippen LogP contribution in [0.3, 0.4) is 0 Å². The van der Waals surface area contributed by atoms with E-state index in [2.05, 4.69) is 44.8 Å². The summed E-state index contributed by atoms with van der Waals surface area (Å²) in [5.74, 6) is 0.747. The van der Waals surface area contributed by atoms with Gasteiger partial charge in [-0.3, -0.25) is 4.90 Å². The highest BCUT2D eigenvalue weighted by atomic mass is 15.3. The maximum absolute atomic E-state index is 3.81. The lowest BCUT2D eigenvalue weighted by molar-refractivity contribution is -0.0200. The lowest BCUT2D eigenvalue weighted by atomic mass is 9.84. The van der Waals surface area contributed by atoms with Crippen LogP contribution in [0.5, 0.6) is 0 Å². The molecule has 2 aliphatic rings. The van der Waals surface area contributed by atoms with Gasteiger partial charge in [0.15, 0.2) is 0 Å². The van der Waals surface area contributed by atoms with Crippen LogP contribution in [-0.2, 0) is 0 Å². The third-order valence-corrected chi connectivity index (χ3v) is 5.58. The molecule has 18 heavy (non-hydrogen) atoms. The highest BCUT2D eigenvalue weighted by Crippen LogP contribution is 2.39. The van der Waals surface area contributed by atoms with E-state index < -0.39 is 0 Å². The molecule has 0 spiro atoms. The summed E-state index contributed by atoms with van der Waals surface area (Å²) in [4.78, 5) is 2.87. The van der Waals surface area contributed by atoms with Gasteiger partial charge < -0.3 is 5.32 Å². The third-order valence-electron chi connectivity index (χ3n) is 5.58. The Bertz CT molecular complexity index is 281. The molecule has 0 aromatic carbocycles. The molecule has 1 heterocycles. The second-order valence-corrected chi connectivity index (χ2v) is 7.44. The maximum Gasteiger partial charge on any atom is 0.0278 e. The van der Waals surface area contributed by atoms with Crippen molar-refractivity contribution in [3.8, 4) is 0 Å². The summed E-state index contributed by atoms with van der Waals surface area (Å²) in [6.07, 6.45) is 6.87. The van der Waals surface area contributed by atoms with Gasteiger partial charge in [0.1, 0.15) is 0 Å². The van der Waals surface area contributed by atoms with E-state index >= 15 is 0 Å². The Kier molecular flexibility index (Phi) is 4.08. The third kappa shape index (κ3) is 2.60. The molecule has 1 aliphatic carbocycles. The summed E-state index contributed by atoms with van der Waals surface area (Å²) in [6, 6.07) is 0.715. The molecule has 2 nitrogen and oxygen atoms in total. The van der Waals surface area contributed by atoms with Crippen molar-refractivity contribution in [2.75, 3.05) is 13.1 Å². The Hall–Kier alpha value is -0.0800. The molecule has 0 aromatic heterocycles. The molecule has 1 aliphatic heterocycles. The predicted octanol–water partition coefficient (Wildman–Crippen LogP) is 3.42. The molecular weight excluding hydrogens is 220 g/mol. The lowest BCUT2D eigenvalue weighted by Gasteiger charge is -2.54. The van der Waals surface area contributed by atoms with Gasteiger partial charge in [-0.2, -0.15) is 0 Å². The standard InChI is InChI=1S/C16H32N2/c1-6-15(4)12-18(14(11-17-15)13(2)3)16(5)9-7-8-10-16/h13-14,17H,6-12H2,1-5H3. The van der Waals surface area contributed by atoms with E-state index in [4.69, 9.17) is 0 Å². The van der Waals surface area contributed by atoms with Gasteiger partial charge in [0, 0.05) is 30.2 Å². The molecule has 1 saturated carbocycles. The molecule has 1 N–H and O–H groups in total. The van der Waals surface area contributed by atoms with E-state index in [-0.39, 0.29) is 0 Å². The van der Waals surface area contributed by atoms with Crippen LogP contribution in [0.4, 0.5) is 0 Å². The summed E-state index contributed by atoms with van der Waals surface area (Å²) in [5, 5.41) is 3.81. The average Bonchev–Trinajstić information content (AvgIpc) is 2.77. The first kappa shape index (κ1) is 14.3. The van der Waals surface area contributed by atoms with Gasteiger partial charge in [0.25, 0.3) is 0 Å². The van der Waals surface area contributed by atoms with Crippen LogP contribution < -0.4 is 5.32 Å². The van der Waals surface area contributed by atoms with Gasteiger partial charge in [-0.05, 0) is 39.0 Å². The monoisotopic (exact) mass is 252 g/mol. The molecule has 2 rings (SSSR count). The van der Waals surface area contributed by atoms with Crippen LogP contribution in [0.25, 0.3) is 0 Å². The summed E-state index contributed by atoms with van der Waals surface area (Å²) in [5.41, 5.74) is 0.782. The van der Waals surface area contributed by atoms with E-state index in [1.807, 2.05) is 0 Å². The van der Waals surface area contributed by atoms with Crippen molar-refractivity contribution in [3.05, 3.63) is 0 Å². The second-order valence-electron chi connectivity index (χ2n) is 7.44. The van der Waals surface area contributed by atoms with Crippen LogP contribution in [0.15, 0.2) is 0 Å². The molecule has 2 heteroatoms. The van der Waals surface area contributed by atoms with Gasteiger partial charge in [-0.1, -0.05) is 33.6 Å². The van der Waals surface area contributed by atoms with Gasteiger partial charge in [0.2, 0.25) is 0 Å². The van der Waals surface area contributed by atoms with E-state index in [9.17, 15) is 0 Å². The zero-order valence-corrected chi connectivity index (χ0v) is 13.1. The van der Waals surface area contributed by atoms with Crippen molar-refractivity contribution in [2.45, 2.75) is 83.8 Å². The SMILES string of the molecule is CCC1(C)CN(C2(C)CCCC2)C(C(C)C)CN1. The Labute approximate surface area is 114 Å². The Morgan fingerprint density at radius 1 is 1.22 bits per heavy atom. The van der Waals surface area contributed by atoms with Crippen molar-refractivity contribution in [3.63, 3.8) is 0 Å². The summed E-state index contributed by atoms with van der Waals surface area (Å²) in [7, 11) is 0. The first-order chi connectivity index (χ1) is 8.40.